The van der Waals surface area contributed by atoms with Crippen LogP contribution >= 0.6 is 0 Å². The number of aryl methyl sites for hydroxylation is 1. The number of nitrogens with two attached hydrogens (primary N) is 1. The quantitative estimate of drug-likeness (QED) is 0.905. The average molecular weight is 287 g/mol. The van der Waals surface area contributed by atoms with Gasteiger partial charge in [0, 0.05) is 18.9 Å². The number of rotatable bonds is 2. The molecule has 1 unspecified atom stereocenters. The SMILES string of the molecule is N[C@H]1CCc2cc(OC3CCOC4(CCCC4)C3)ccc21. The fourth-order valence-corrected chi connectivity index (χ4v) is 4.34. The number of benzene rings is 1. The largest absolute Gasteiger partial charge is 0.490 e. The maximum atomic E-state index is 6.28. The van der Waals surface area contributed by atoms with E-state index in [0.717, 1.165) is 38.0 Å². The van der Waals surface area contributed by atoms with Gasteiger partial charge in [0.1, 0.15) is 11.9 Å². The average Bonchev–Trinajstić information content (AvgIpc) is 3.07. The Morgan fingerprint density at radius 3 is 2.90 bits per heavy atom. The van der Waals surface area contributed by atoms with Gasteiger partial charge in [0.15, 0.2) is 0 Å². The fraction of sp³-hybridized carbons (Fsp3) is 0.667. The van der Waals surface area contributed by atoms with Crippen molar-refractivity contribution in [2.45, 2.75) is 69.1 Å². The summed E-state index contributed by atoms with van der Waals surface area (Å²) in [4.78, 5) is 0. The Kier molecular flexibility index (Phi) is 3.43. The summed E-state index contributed by atoms with van der Waals surface area (Å²) in [6.45, 7) is 0.848. The van der Waals surface area contributed by atoms with Gasteiger partial charge < -0.3 is 15.2 Å². The Hall–Kier alpha value is -1.06. The van der Waals surface area contributed by atoms with Gasteiger partial charge in [-0.3, -0.25) is 0 Å². The van der Waals surface area contributed by atoms with Gasteiger partial charge in [0.25, 0.3) is 0 Å². The molecule has 1 aromatic rings. The predicted molar refractivity (Wildman–Crippen MR) is 82.5 cm³/mol. The fourth-order valence-electron chi connectivity index (χ4n) is 4.34. The predicted octanol–water partition coefficient (Wildman–Crippen LogP) is 3.50. The summed E-state index contributed by atoms with van der Waals surface area (Å²) >= 11 is 0. The van der Waals surface area contributed by atoms with E-state index in [0.29, 0.717) is 6.10 Å². The van der Waals surface area contributed by atoms with Crippen molar-refractivity contribution in [1.82, 2.24) is 0 Å². The maximum absolute atomic E-state index is 6.28. The van der Waals surface area contributed by atoms with E-state index in [1.54, 1.807) is 0 Å². The minimum absolute atomic E-state index is 0.127. The van der Waals surface area contributed by atoms with Crippen molar-refractivity contribution < 1.29 is 9.47 Å². The van der Waals surface area contributed by atoms with E-state index in [9.17, 15) is 0 Å². The summed E-state index contributed by atoms with van der Waals surface area (Å²) in [5.41, 5.74) is 8.91. The van der Waals surface area contributed by atoms with Crippen LogP contribution in [-0.2, 0) is 11.2 Å². The summed E-state index contributed by atoms with van der Waals surface area (Å²) in [5.74, 6) is 1.02. The van der Waals surface area contributed by atoms with Crippen molar-refractivity contribution in [1.29, 1.82) is 0 Å². The molecule has 1 saturated carbocycles. The summed E-state index contributed by atoms with van der Waals surface area (Å²) in [6.07, 6.45) is 9.59. The third kappa shape index (κ3) is 2.58. The lowest BCUT2D eigenvalue weighted by atomic mass is 9.90. The van der Waals surface area contributed by atoms with Crippen molar-refractivity contribution in [3.63, 3.8) is 0 Å². The molecule has 2 aliphatic carbocycles. The molecule has 3 heteroatoms. The first-order valence-electron chi connectivity index (χ1n) is 8.43. The number of hydrogen-bond acceptors (Lipinski definition) is 3. The molecule has 4 rings (SSSR count). The monoisotopic (exact) mass is 287 g/mol. The van der Waals surface area contributed by atoms with Crippen LogP contribution in [0, 0.1) is 0 Å². The molecule has 3 aliphatic rings. The molecule has 1 aliphatic heterocycles. The van der Waals surface area contributed by atoms with Gasteiger partial charge in [0.2, 0.25) is 0 Å². The zero-order valence-electron chi connectivity index (χ0n) is 12.6. The van der Waals surface area contributed by atoms with Gasteiger partial charge in [-0.05, 0) is 48.9 Å². The Morgan fingerprint density at radius 2 is 2.05 bits per heavy atom. The molecule has 1 saturated heterocycles. The number of hydrogen-bond donors (Lipinski definition) is 1. The summed E-state index contributed by atoms with van der Waals surface area (Å²) in [5, 5.41) is 0. The molecule has 2 atom stereocenters. The molecule has 2 fully saturated rings. The van der Waals surface area contributed by atoms with E-state index in [1.165, 1.54) is 36.8 Å². The second kappa shape index (κ2) is 5.29. The Labute approximate surface area is 126 Å². The van der Waals surface area contributed by atoms with Gasteiger partial charge >= 0.3 is 0 Å². The topological polar surface area (TPSA) is 44.5 Å². The second-order valence-electron chi connectivity index (χ2n) is 6.98. The Bertz CT molecular complexity index is 522. The van der Waals surface area contributed by atoms with E-state index >= 15 is 0 Å². The Balaban J connectivity index is 1.46. The Morgan fingerprint density at radius 1 is 1.19 bits per heavy atom. The molecule has 3 nitrogen and oxygen atoms in total. The van der Waals surface area contributed by atoms with Gasteiger partial charge in [-0.2, -0.15) is 0 Å². The van der Waals surface area contributed by atoms with Gasteiger partial charge in [0.05, 0.1) is 12.2 Å². The van der Waals surface area contributed by atoms with Crippen LogP contribution in [0.2, 0.25) is 0 Å². The lowest BCUT2D eigenvalue weighted by Gasteiger charge is -2.38. The minimum Gasteiger partial charge on any atom is -0.490 e. The lowest BCUT2D eigenvalue weighted by Crippen LogP contribution is -2.41. The van der Waals surface area contributed by atoms with E-state index in [-0.39, 0.29) is 11.6 Å². The molecule has 0 bridgehead atoms. The molecule has 0 aromatic heterocycles. The molecular formula is C18H25NO2. The van der Waals surface area contributed by atoms with Crippen LogP contribution in [0.3, 0.4) is 0 Å². The zero-order valence-corrected chi connectivity index (χ0v) is 12.6. The van der Waals surface area contributed by atoms with E-state index in [4.69, 9.17) is 15.2 Å². The third-order valence-electron chi connectivity index (χ3n) is 5.50. The van der Waals surface area contributed by atoms with Crippen LogP contribution < -0.4 is 10.5 Å². The van der Waals surface area contributed by atoms with Crippen LogP contribution in [0.1, 0.15) is 62.1 Å². The van der Waals surface area contributed by atoms with E-state index < -0.39 is 0 Å². The molecule has 114 valence electrons. The lowest BCUT2D eigenvalue weighted by molar-refractivity contribution is -0.108. The van der Waals surface area contributed by atoms with Crippen molar-refractivity contribution >= 4 is 0 Å². The van der Waals surface area contributed by atoms with Crippen molar-refractivity contribution in [3.05, 3.63) is 29.3 Å². The molecule has 2 N–H and O–H groups in total. The second-order valence-corrected chi connectivity index (χ2v) is 6.98. The highest BCUT2D eigenvalue weighted by molar-refractivity contribution is 5.40. The highest BCUT2D eigenvalue weighted by atomic mass is 16.5. The van der Waals surface area contributed by atoms with Crippen LogP contribution in [-0.4, -0.2) is 18.3 Å². The van der Waals surface area contributed by atoms with Crippen LogP contribution in [0.5, 0.6) is 5.75 Å². The molecular weight excluding hydrogens is 262 g/mol. The van der Waals surface area contributed by atoms with Crippen molar-refractivity contribution in [2.24, 2.45) is 5.73 Å². The van der Waals surface area contributed by atoms with Crippen LogP contribution in [0.4, 0.5) is 0 Å². The highest BCUT2D eigenvalue weighted by Crippen LogP contribution is 2.41. The first-order valence-corrected chi connectivity index (χ1v) is 8.43. The molecule has 0 radical (unpaired) electrons. The summed E-state index contributed by atoms with van der Waals surface area (Å²) < 4.78 is 12.4. The molecule has 1 aromatic carbocycles. The standard InChI is InChI=1S/C18H25NO2/c19-17-6-3-13-11-14(4-5-16(13)17)21-15-7-10-20-18(12-15)8-1-2-9-18/h4-5,11,15,17H,1-3,6-10,12,19H2/t15?,17-/m0/s1. The summed E-state index contributed by atoms with van der Waals surface area (Å²) in [7, 11) is 0. The summed E-state index contributed by atoms with van der Waals surface area (Å²) in [6, 6.07) is 6.69. The number of fused-ring (bicyclic) bond motifs is 1. The first-order chi connectivity index (χ1) is 10.2. The van der Waals surface area contributed by atoms with Crippen LogP contribution in [0.25, 0.3) is 0 Å². The van der Waals surface area contributed by atoms with E-state index in [1.807, 2.05) is 0 Å². The van der Waals surface area contributed by atoms with Crippen molar-refractivity contribution in [2.75, 3.05) is 6.61 Å². The number of ether oxygens (including phenoxy) is 2. The first kappa shape index (κ1) is 13.6. The van der Waals surface area contributed by atoms with Gasteiger partial charge in [-0.25, -0.2) is 0 Å². The molecule has 1 spiro atoms. The van der Waals surface area contributed by atoms with Gasteiger partial charge in [-0.1, -0.05) is 18.9 Å². The smallest absolute Gasteiger partial charge is 0.120 e. The van der Waals surface area contributed by atoms with Crippen LogP contribution in [0.15, 0.2) is 18.2 Å². The zero-order chi connectivity index (χ0) is 14.3. The van der Waals surface area contributed by atoms with Crippen molar-refractivity contribution in [3.8, 4) is 5.75 Å². The molecule has 21 heavy (non-hydrogen) atoms. The molecule has 1 heterocycles. The normalized spacial score (nSPS) is 30.5. The van der Waals surface area contributed by atoms with Gasteiger partial charge in [-0.15, -0.1) is 0 Å². The van der Waals surface area contributed by atoms with E-state index in [2.05, 4.69) is 18.2 Å². The third-order valence-corrected chi connectivity index (χ3v) is 5.50. The maximum Gasteiger partial charge on any atom is 0.120 e. The molecule has 0 amide bonds. The highest BCUT2D eigenvalue weighted by Gasteiger charge is 2.40. The minimum atomic E-state index is 0.127.